The van der Waals surface area contributed by atoms with E-state index in [1.54, 1.807) is 0 Å². The molecule has 0 aliphatic carbocycles. The zero-order valence-corrected chi connectivity index (χ0v) is 6.49. The van der Waals surface area contributed by atoms with Crippen molar-refractivity contribution in [1.82, 2.24) is 5.32 Å². The Kier molecular flexibility index (Phi) is 5.55. The van der Waals surface area contributed by atoms with E-state index in [1.807, 2.05) is 0 Å². The molecule has 1 aliphatic heterocycles. The molecule has 0 bridgehead atoms. The van der Waals surface area contributed by atoms with E-state index >= 15 is 0 Å². The number of aliphatic carboxylic acids is 2. The molecule has 0 aromatic rings. The van der Waals surface area contributed by atoms with Crippen LogP contribution in [0.5, 0.6) is 0 Å². The van der Waals surface area contributed by atoms with Crippen molar-refractivity contribution in [3.05, 3.63) is 0 Å². The molecule has 6 heteroatoms. The van der Waals surface area contributed by atoms with Gasteiger partial charge in [0.25, 0.3) is 0 Å². The Balaban J connectivity index is 0.00000144. The molecule has 5 nitrogen and oxygen atoms in total. The van der Waals surface area contributed by atoms with Crippen LogP contribution in [0, 0.1) is 5.92 Å². The van der Waals surface area contributed by atoms with Crippen molar-refractivity contribution < 1.29 is 19.8 Å². The number of hydrogen-bond acceptors (Lipinski definition) is 3. The number of carbonyl (C=O) groups is 2. The minimum absolute atomic E-state index is 0. The first kappa shape index (κ1) is 12.9. The second kappa shape index (κ2) is 5.59. The molecule has 1 saturated heterocycles. The fourth-order valence-corrected chi connectivity index (χ4v) is 1.41. The summed E-state index contributed by atoms with van der Waals surface area (Å²) in [5.74, 6) is -2.90. The second-order valence-corrected chi connectivity index (χ2v) is 2.86. The first-order valence-electron chi connectivity index (χ1n) is 3.82. The van der Waals surface area contributed by atoms with Crippen molar-refractivity contribution in [1.29, 1.82) is 0 Å². The molecule has 0 spiro atoms. The van der Waals surface area contributed by atoms with Gasteiger partial charge in [-0.3, -0.25) is 9.59 Å². The topological polar surface area (TPSA) is 86.6 Å². The molecule has 70 valence electrons. The zero-order valence-electron chi connectivity index (χ0n) is 6.49. The van der Waals surface area contributed by atoms with Crippen LogP contribution in [-0.4, -0.2) is 64.3 Å². The van der Waals surface area contributed by atoms with Gasteiger partial charge in [-0.1, -0.05) is 0 Å². The van der Waals surface area contributed by atoms with Crippen molar-refractivity contribution in [3.8, 4) is 0 Å². The first-order chi connectivity index (χ1) is 5.63. The van der Waals surface area contributed by atoms with Gasteiger partial charge < -0.3 is 15.5 Å². The van der Waals surface area contributed by atoms with Gasteiger partial charge in [-0.2, -0.15) is 0 Å². The van der Waals surface area contributed by atoms with Crippen molar-refractivity contribution in [2.45, 2.75) is 18.9 Å². The Morgan fingerprint density at radius 1 is 1.23 bits per heavy atom. The van der Waals surface area contributed by atoms with Crippen LogP contribution in [0.3, 0.4) is 0 Å². The Labute approximate surface area is 97.8 Å². The van der Waals surface area contributed by atoms with Crippen LogP contribution in [0.15, 0.2) is 0 Å². The number of carboxylic acids is 2. The summed E-state index contributed by atoms with van der Waals surface area (Å²) in [6.45, 7) is 0.584. The fourth-order valence-electron chi connectivity index (χ4n) is 1.41. The molecule has 13 heavy (non-hydrogen) atoms. The van der Waals surface area contributed by atoms with Crippen molar-refractivity contribution in [3.63, 3.8) is 0 Å². The summed E-state index contributed by atoms with van der Waals surface area (Å²) in [6.07, 6.45) is 1.17. The van der Waals surface area contributed by atoms with Crippen LogP contribution in [0.4, 0.5) is 0 Å². The van der Waals surface area contributed by atoms with Crippen molar-refractivity contribution in [2.75, 3.05) is 6.54 Å². The summed E-state index contributed by atoms with van der Waals surface area (Å²) in [6, 6.07) is -0.920. The summed E-state index contributed by atoms with van der Waals surface area (Å²) < 4.78 is 0. The summed E-state index contributed by atoms with van der Waals surface area (Å²) in [5.41, 5.74) is 0. The fraction of sp³-hybridized carbons (Fsp3) is 0.714. The van der Waals surface area contributed by atoms with Crippen LogP contribution >= 0.6 is 0 Å². The maximum atomic E-state index is 10.6. The molecule has 3 N–H and O–H groups in total. The van der Waals surface area contributed by atoms with Gasteiger partial charge in [-0.15, -0.1) is 0 Å². The SMILES string of the molecule is O=C(O)C1CCCNC1C(=O)O.[NaH]. The van der Waals surface area contributed by atoms with Crippen LogP contribution in [0.1, 0.15) is 12.8 Å². The first-order valence-corrected chi connectivity index (χ1v) is 3.82. The third kappa shape index (κ3) is 3.27. The van der Waals surface area contributed by atoms with Crippen LogP contribution in [-0.2, 0) is 9.59 Å². The number of rotatable bonds is 2. The summed E-state index contributed by atoms with van der Waals surface area (Å²) in [4.78, 5) is 21.1. The van der Waals surface area contributed by atoms with Crippen LogP contribution in [0.2, 0.25) is 0 Å². The monoisotopic (exact) mass is 197 g/mol. The van der Waals surface area contributed by atoms with Gasteiger partial charge >= 0.3 is 41.5 Å². The van der Waals surface area contributed by atoms with E-state index in [9.17, 15) is 9.59 Å². The molecule has 2 atom stereocenters. The molecular formula is C7H12NNaO4. The molecule has 0 amide bonds. The normalized spacial score (nSPS) is 27.4. The molecular weight excluding hydrogens is 185 g/mol. The molecule has 2 unspecified atom stereocenters. The van der Waals surface area contributed by atoms with E-state index in [1.165, 1.54) is 0 Å². The Hall–Kier alpha value is -0.100. The molecule has 0 aromatic heterocycles. The van der Waals surface area contributed by atoms with Crippen molar-refractivity contribution in [2.24, 2.45) is 5.92 Å². The van der Waals surface area contributed by atoms with Gasteiger partial charge in [0.2, 0.25) is 0 Å². The number of nitrogens with one attached hydrogen (secondary N) is 1. The van der Waals surface area contributed by atoms with Gasteiger partial charge in [0.1, 0.15) is 6.04 Å². The quantitative estimate of drug-likeness (QED) is 0.488. The predicted octanol–water partition coefficient (Wildman–Crippen LogP) is -1.12. The maximum absolute atomic E-state index is 10.6. The van der Waals surface area contributed by atoms with Crippen LogP contribution in [0.25, 0.3) is 0 Å². The standard InChI is InChI=1S/C7H11NO4.Na.H/c9-6(10)4-2-1-3-8-5(4)7(11)12;;/h4-5,8H,1-3H2,(H,9,10)(H,11,12);;. The van der Waals surface area contributed by atoms with Gasteiger partial charge in [0, 0.05) is 0 Å². The average molecular weight is 197 g/mol. The van der Waals surface area contributed by atoms with E-state index in [-0.39, 0.29) is 29.6 Å². The van der Waals surface area contributed by atoms with E-state index in [4.69, 9.17) is 10.2 Å². The molecule has 1 heterocycles. The van der Waals surface area contributed by atoms with E-state index in [2.05, 4.69) is 5.32 Å². The van der Waals surface area contributed by atoms with E-state index < -0.39 is 23.9 Å². The average Bonchev–Trinajstić information content (AvgIpc) is 2.04. The van der Waals surface area contributed by atoms with Crippen LogP contribution < -0.4 is 5.32 Å². The molecule has 0 saturated carbocycles. The van der Waals surface area contributed by atoms with Gasteiger partial charge in [-0.25, -0.2) is 0 Å². The third-order valence-corrected chi connectivity index (χ3v) is 2.04. The molecule has 0 radical (unpaired) electrons. The van der Waals surface area contributed by atoms with Gasteiger partial charge in [0.15, 0.2) is 0 Å². The van der Waals surface area contributed by atoms with Gasteiger partial charge in [0.05, 0.1) is 5.92 Å². The summed E-state index contributed by atoms with van der Waals surface area (Å²) >= 11 is 0. The summed E-state index contributed by atoms with van der Waals surface area (Å²) in [7, 11) is 0. The number of piperidine rings is 1. The zero-order chi connectivity index (χ0) is 9.14. The number of carboxylic acid groups (broad SMARTS) is 2. The Morgan fingerprint density at radius 3 is 2.23 bits per heavy atom. The Bertz CT molecular complexity index is 187. The molecule has 1 aliphatic rings. The molecule has 1 rings (SSSR count). The predicted molar refractivity (Wildman–Crippen MR) is 46.9 cm³/mol. The van der Waals surface area contributed by atoms with E-state index in [0.29, 0.717) is 13.0 Å². The molecule has 0 aromatic carbocycles. The Morgan fingerprint density at radius 2 is 1.85 bits per heavy atom. The third-order valence-electron chi connectivity index (χ3n) is 2.04. The number of hydrogen-bond donors (Lipinski definition) is 3. The molecule has 1 fully saturated rings. The van der Waals surface area contributed by atoms with Gasteiger partial charge in [-0.05, 0) is 19.4 Å². The second-order valence-electron chi connectivity index (χ2n) is 2.86. The summed E-state index contributed by atoms with van der Waals surface area (Å²) in [5, 5.41) is 20.0. The van der Waals surface area contributed by atoms with E-state index in [0.717, 1.165) is 6.42 Å². The van der Waals surface area contributed by atoms with Crippen molar-refractivity contribution >= 4 is 41.5 Å². The minimum atomic E-state index is -1.08.